The minimum absolute atomic E-state index is 0.0171. The van der Waals surface area contributed by atoms with Crippen molar-refractivity contribution >= 4 is 11.7 Å². The Balaban J connectivity index is 1.68. The Morgan fingerprint density at radius 3 is 2.36 bits per heavy atom. The minimum atomic E-state index is -0.779. The average molecular weight is 367 g/mol. The molecule has 2 heterocycles. The molecule has 0 radical (unpaired) electrons. The van der Waals surface area contributed by atoms with Gasteiger partial charge in [0.2, 0.25) is 5.91 Å². The van der Waals surface area contributed by atoms with E-state index in [1.54, 1.807) is 0 Å². The lowest BCUT2D eigenvalue weighted by molar-refractivity contribution is -0.132. The molecule has 2 aliphatic heterocycles. The van der Waals surface area contributed by atoms with Gasteiger partial charge in [0, 0.05) is 12.1 Å². The Morgan fingerprint density at radius 1 is 0.893 bits per heavy atom. The number of carbonyl (C=O) groups excluding carboxylic acids is 1. The van der Waals surface area contributed by atoms with Gasteiger partial charge < -0.3 is 10.1 Å². The van der Waals surface area contributed by atoms with Gasteiger partial charge in [0.05, 0.1) is 0 Å². The van der Waals surface area contributed by atoms with Crippen molar-refractivity contribution in [2.45, 2.75) is 19.1 Å². The Bertz CT molecular complexity index is 1040. The second-order valence-electron chi connectivity index (χ2n) is 7.46. The Hall–Kier alpha value is -3.33. The summed E-state index contributed by atoms with van der Waals surface area (Å²) in [5.41, 5.74) is 3.53. The van der Waals surface area contributed by atoms with Gasteiger partial charge in [0.25, 0.3) is 0 Å². The lowest BCUT2D eigenvalue weighted by Gasteiger charge is -2.30. The topological polar surface area (TPSA) is 38.3 Å². The van der Waals surface area contributed by atoms with Crippen LogP contribution in [0.2, 0.25) is 0 Å². The molecule has 0 aliphatic carbocycles. The van der Waals surface area contributed by atoms with Gasteiger partial charge in [0.15, 0.2) is 0 Å². The molecule has 0 saturated carbocycles. The van der Waals surface area contributed by atoms with Crippen LogP contribution in [0.1, 0.15) is 28.4 Å². The van der Waals surface area contributed by atoms with Crippen molar-refractivity contribution in [3.63, 3.8) is 0 Å². The van der Waals surface area contributed by atoms with Gasteiger partial charge in [-0.25, -0.2) is 0 Å². The van der Waals surface area contributed by atoms with E-state index in [-0.39, 0.29) is 12.0 Å². The van der Waals surface area contributed by atoms with Crippen molar-refractivity contribution in [1.29, 1.82) is 0 Å². The molecule has 28 heavy (non-hydrogen) atoms. The lowest BCUT2D eigenvalue weighted by atomic mass is 9.74. The number of hydrogen-bond donors (Lipinski definition) is 1. The molecule has 3 heteroatoms. The summed E-state index contributed by atoms with van der Waals surface area (Å²) in [7, 11) is 0. The first kappa shape index (κ1) is 16.8. The molecule has 2 atom stereocenters. The largest absolute Gasteiger partial charge is 0.484 e. The second kappa shape index (κ2) is 6.68. The third kappa shape index (κ3) is 2.71. The van der Waals surface area contributed by atoms with Crippen LogP contribution >= 0.6 is 0 Å². The van der Waals surface area contributed by atoms with E-state index in [1.807, 2.05) is 66.7 Å². The fourth-order valence-corrected chi connectivity index (χ4v) is 4.30. The molecule has 3 nitrogen and oxygen atoms in total. The van der Waals surface area contributed by atoms with Crippen molar-refractivity contribution in [3.05, 3.63) is 113 Å². The van der Waals surface area contributed by atoms with E-state index in [0.717, 1.165) is 28.0 Å². The first-order valence-electron chi connectivity index (χ1n) is 9.61. The van der Waals surface area contributed by atoms with Crippen LogP contribution in [0.15, 0.2) is 91.0 Å². The summed E-state index contributed by atoms with van der Waals surface area (Å²) in [5, 5.41) is 3.14. The minimum Gasteiger partial charge on any atom is -0.484 e. The Morgan fingerprint density at radius 2 is 1.57 bits per heavy atom. The Labute approximate surface area is 164 Å². The number of fused-ring (bicyclic) bond motifs is 3. The predicted octanol–water partition coefficient (Wildman–Crippen LogP) is 4.66. The lowest BCUT2D eigenvalue weighted by Crippen LogP contribution is -2.41. The fourth-order valence-electron chi connectivity index (χ4n) is 4.30. The van der Waals surface area contributed by atoms with Crippen molar-refractivity contribution in [2.75, 3.05) is 0 Å². The monoisotopic (exact) mass is 367 g/mol. The van der Waals surface area contributed by atoms with Gasteiger partial charge >= 0.3 is 0 Å². The van der Waals surface area contributed by atoms with E-state index >= 15 is 0 Å². The third-order valence-electron chi connectivity index (χ3n) is 5.70. The van der Waals surface area contributed by atoms with Crippen molar-refractivity contribution in [2.24, 2.45) is 5.41 Å². The molecule has 0 saturated heterocycles. The van der Waals surface area contributed by atoms with E-state index in [2.05, 4.69) is 29.6 Å². The molecular weight excluding hydrogens is 346 g/mol. The molecule has 3 aromatic carbocycles. The van der Waals surface area contributed by atoms with E-state index in [4.69, 9.17) is 4.74 Å². The highest BCUT2D eigenvalue weighted by atomic mass is 16.5. The van der Waals surface area contributed by atoms with Crippen LogP contribution < -0.4 is 5.32 Å². The highest BCUT2D eigenvalue weighted by Gasteiger charge is 2.52. The van der Waals surface area contributed by atoms with Crippen LogP contribution in [0, 0.1) is 5.41 Å². The number of rotatable bonds is 3. The molecule has 5 rings (SSSR count). The zero-order valence-corrected chi connectivity index (χ0v) is 15.5. The summed E-state index contributed by atoms with van der Waals surface area (Å²) in [6, 6.07) is 28.4. The summed E-state index contributed by atoms with van der Waals surface area (Å²) in [6.45, 7) is 0.528. The number of amides is 1. The van der Waals surface area contributed by atoms with Crippen LogP contribution in [-0.2, 0) is 22.5 Å². The van der Waals surface area contributed by atoms with Gasteiger partial charge in [-0.1, -0.05) is 84.9 Å². The molecule has 0 fully saturated rings. The van der Waals surface area contributed by atoms with Crippen LogP contribution in [0.5, 0.6) is 0 Å². The molecule has 138 valence electrons. The number of benzene rings is 3. The van der Waals surface area contributed by atoms with Crippen molar-refractivity contribution in [1.82, 2.24) is 5.32 Å². The van der Waals surface area contributed by atoms with Gasteiger partial charge in [-0.15, -0.1) is 0 Å². The molecule has 0 bridgehead atoms. The number of carbonyl (C=O) groups is 1. The van der Waals surface area contributed by atoms with E-state index < -0.39 is 5.41 Å². The number of nitrogens with one attached hydrogen (secondary N) is 1. The predicted molar refractivity (Wildman–Crippen MR) is 109 cm³/mol. The van der Waals surface area contributed by atoms with Crippen LogP contribution in [0.4, 0.5) is 0 Å². The highest BCUT2D eigenvalue weighted by molar-refractivity contribution is 5.90. The SMILES string of the molecule is O=C1NCc2ccccc2[C@@H]2OC(c3ccccc3)=C[C@]12Cc1ccccc1. The van der Waals surface area contributed by atoms with Gasteiger partial charge in [-0.3, -0.25) is 4.79 Å². The van der Waals surface area contributed by atoms with Gasteiger partial charge in [-0.2, -0.15) is 0 Å². The van der Waals surface area contributed by atoms with E-state index in [9.17, 15) is 4.79 Å². The Kier molecular flexibility index (Phi) is 4.01. The maximum atomic E-state index is 13.4. The molecule has 0 spiro atoms. The molecule has 0 aromatic heterocycles. The zero-order chi connectivity index (χ0) is 19.0. The molecule has 1 N–H and O–H groups in total. The van der Waals surface area contributed by atoms with Gasteiger partial charge in [0.1, 0.15) is 17.3 Å². The number of ether oxygens (including phenoxy) is 1. The maximum absolute atomic E-state index is 13.4. The summed E-state index contributed by atoms with van der Waals surface area (Å²) < 4.78 is 6.50. The normalized spacial score (nSPS) is 22.9. The van der Waals surface area contributed by atoms with Gasteiger partial charge in [-0.05, 0) is 29.2 Å². The number of hydrogen-bond acceptors (Lipinski definition) is 2. The first-order chi connectivity index (χ1) is 13.8. The van der Waals surface area contributed by atoms with Crippen LogP contribution in [-0.4, -0.2) is 5.91 Å². The summed E-state index contributed by atoms with van der Waals surface area (Å²) >= 11 is 0. The first-order valence-corrected chi connectivity index (χ1v) is 9.61. The standard InChI is InChI=1S/C25H21NO2/c27-24-25(15-18-9-3-1-4-10-18)16-22(19-11-5-2-6-12-19)28-23(25)21-14-8-7-13-20(21)17-26-24/h1-14,16,23H,15,17H2,(H,26,27)/t23-,25-/m0/s1. The zero-order valence-electron chi connectivity index (χ0n) is 15.5. The molecular formula is C25H21NO2. The molecule has 1 amide bonds. The van der Waals surface area contributed by atoms with Crippen LogP contribution in [0.25, 0.3) is 5.76 Å². The third-order valence-corrected chi connectivity index (χ3v) is 5.70. The quantitative estimate of drug-likeness (QED) is 0.731. The average Bonchev–Trinajstić information content (AvgIpc) is 3.09. The summed E-state index contributed by atoms with van der Waals surface area (Å²) in [4.78, 5) is 13.4. The van der Waals surface area contributed by atoms with Crippen molar-refractivity contribution < 1.29 is 9.53 Å². The fraction of sp³-hybridized carbons (Fsp3) is 0.160. The van der Waals surface area contributed by atoms with E-state index in [1.165, 1.54) is 0 Å². The van der Waals surface area contributed by atoms with Crippen molar-refractivity contribution in [3.8, 4) is 0 Å². The molecule has 0 unspecified atom stereocenters. The highest BCUT2D eigenvalue weighted by Crippen LogP contribution is 2.52. The summed E-state index contributed by atoms with van der Waals surface area (Å²) in [5.74, 6) is 0.789. The van der Waals surface area contributed by atoms with E-state index in [0.29, 0.717) is 13.0 Å². The van der Waals surface area contributed by atoms with Crippen LogP contribution in [0.3, 0.4) is 0 Å². The summed E-state index contributed by atoms with van der Waals surface area (Å²) in [6.07, 6.45) is 2.29. The molecule has 3 aromatic rings. The maximum Gasteiger partial charge on any atom is 0.234 e. The second-order valence-corrected chi connectivity index (χ2v) is 7.46. The molecule has 2 aliphatic rings. The smallest absolute Gasteiger partial charge is 0.234 e.